The molecule has 0 aromatic rings. The highest BCUT2D eigenvalue weighted by Crippen LogP contribution is 2.61. The van der Waals surface area contributed by atoms with Gasteiger partial charge in [0.2, 0.25) is 0 Å². The van der Waals surface area contributed by atoms with Crippen LogP contribution in [0.4, 0.5) is 0 Å². The number of rotatable bonds is 9. The monoisotopic (exact) mass is 318 g/mol. The van der Waals surface area contributed by atoms with Crippen LogP contribution in [0.2, 0.25) is 5.16 Å². The fraction of sp³-hybridized carbons (Fsp3) is 1.00. The van der Waals surface area contributed by atoms with E-state index in [-0.39, 0.29) is 6.61 Å². The van der Waals surface area contributed by atoms with Gasteiger partial charge in [0.1, 0.15) is 0 Å². The van der Waals surface area contributed by atoms with Crippen molar-refractivity contribution in [3.05, 3.63) is 0 Å². The van der Waals surface area contributed by atoms with E-state index in [2.05, 4.69) is 0 Å². The van der Waals surface area contributed by atoms with Gasteiger partial charge >= 0.3 is 7.60 Å². The molecule has 4 N–H and O–H groups in total. The third-order valence-corrected chi connectivity index (χ3v) is 14.3. The summed E-state index contributed by atoms with van der Waals surface area (Å²) in [4.78, 5) is 38.4. The van der Waals surface area contributed by atoms with E-state index in [9.17, 15) is 23.8 Å². The maximum Gasteiger partial charge on any atom is 0.333 e. The second-order valence-electron chi connectivity index (χ2n) is 4.01. The van der Waals surface area contributed by atoms with Gasteiger partial charge in [0, 0.05) is 5.16 Å². The molecule has 17 heavy (non-hydrogen) atoms. The van der Waals surface area contributed by atoms with Crippen LogP contribution in [-0.2, 0) is 9.09 Å². The lowest BCUT2D eigenvalue weighted by molar-refractivity contribution is 0.252. The molecular weight excluding hydrogens is 295 g/mol. The molecule has 0 saturated heterocycles. The Morgan fingerprint density at radius 1 is 1.29 bits per heavy atom. The van der Waals surface area contributed by atoms with Gasteiger partial charge in [0.15, 0.2) is 29.3 Å². The van der Waals surface area contributed by atoms with E-state index in [0.29, 0.717) is 12.8 Å². The van der Waals surface area contributed by atoms with E-state index < -0.39 is 46.8 Å². The summed E-state index contributed by atoms with van der Waals surface area (Å²) in [6.45, 7) is 3.54. The molecule has 0 heterocycles. The lowest BCUT2D eigenvalue weighted by Crippen LogP contribution is -2.46. The quantitative estimate of drug-likeness (QED) is 0.281. The molecule has 0 aromatic carbocycles. The molecule has 0 aliphatic carbocycles. The highest BCUT2D eigenvalue weighted by molar-refractivity contribution is 7.57. The lowest BCUT2D eigenvalue weighted by Gasteiger charge is -2.39. The van der Waals surface area contributed by atoms with Gasteiger partial charge in [0.05, 0.1) is 11.4 Å². The predicted molar refractivity (Wildman–Crippen MR) is 75.1 cm³/mol. The highest BCUT2D eigenvalue weighted by Gasteiger charge is 2.53. The maximum absolute atomic E-state index is 12.2. The maximum atomic E-state index is 12.2. The van der Waals surface area contributed by atoms with Gasteiger partial charge in [-0.15, -0.1) is 0 Å². The van der Waals surface area contributed by atoms with Crippen LogP contribution in [0.1, 0.15) is 26.7 Å². The van der Waals surface area contributed by atoms with Crippen molar-refractivity contribution in [2.75, 3.05) is 6.61 Å². The minimum absolute atomic E-state index is 0.0837. The molecule has 0 bridgehead atoms. The lowest BCUT2D eigenvalue weighted by atomic mass is 10.2. The summed E-state index contributed by atoms with van der Waals surface area (Å²) in [5, 5.41) is -0.540. The average Bonchev–Trinajstić information content (AvgIpc) is 2.28. The van der Waals surface area contributed by atoms with Gasteiger partial charge < -0.3 is 23.8 Å². The Labute approximate surface area is 109 Å². The van der Waals surface area contributed by atoms with Crippen LogP contribution in [0, 0.1) is 0 Å². The zero-order chi connectivity index (χ0) is 13.5. The van der Waals surface area contributed by atoms with Crippen molar-refractivity contribution in [3.8, 4) is 0 Å². The summed E-state index contributed by atoms with van der Waals surface area (Å²) in [5.41, 5.74) is 0. The van der Waals surface area contributed by atoms with Crippen molar-refractivity contribution >= 4 is 36.9 Å². The molecule has 0 amide bonds. The van der Waals surface area contributed by atoms with Crippen LogP contribution in [0.3, 0.4) is 0 Å². The van der Waals surface area contributed by atoms with Crippen molar-refractivity contribution in [1.29, 1.82) is 0 Å². The van der Waals surface area contributed by atoms with Crippen LogP contribution >= 0.6 is 7.60 Å². The third-order valence-electron chi connectivity index (χ3n) is 3.02. The topological polar surface area (TPSA) is 107 Å². The molecule has 0 saturated carbocycles. The van der Waals surface area contributed by atoms with Gasteiger partial charge in [-0.1, -0.05) is 13.3 Å². The number of hydrogen-bond acceptors (Lipinski definition) is 5. The first kappa shape index (κ1) is 17.7. The van der Waals surface area contributed by atoms with Gasteiger partial charge in [0.25, 0.3) is 0 Å². The molecule has 10 heteroatoms. The third kappa shape index (κ3) is 3.82. The summed E-state index contributed by atoms with van der Waals surface area (Å²) in [6.07, 6.45) is 0.944. The first-order valence-corrected chi connectivity index (χ1v) is 11.6. The standard InChI is InChI=1S/C7H23O6PSi3/c1-3-5-7(17-12,6(15-10)16-11)14(8,9)13-4-2/h6,10-12H,3-5,15-17H2,1-2H3,(H,8,9). The second-order valence-corrected chi connectivity index (χ2v) is 12.2. The molecule has 0 aromatic heterocycles. The molecule has 0 spiro atoms. The van der Waals surface area contributed by atoms with Crippen LogP contribution in [-0.4, -0.2) is 60.0 Å². The van der Waals surface area contributed by atoms with E-state index in [0.717, 1.165) is 0 Å². The Morgan fingerprint density at radius 3 is 2.12 bits per heavy atom. The van der Waals surface area contributed by atoms with Crippen molar-refractivity contribution in [3.63, 3.8) is 0 Å². The minimum Gasteiger partial charge on any atom is -0.438 e. The van der Waals surface area contributed by atoms with Crippen LogP contribution in [0.15, 0.2) is 0 Å². The average molecular weight is 318 g/mol. The first-order chi connectivity index (χ1) is 7.95. The van der Waals surface area contributed by atoms with Crippen LogP contribution in [0.25, 0.3) is 0 Å². The Bertz CT molecular complexity index is 264. The van der Waals surface area contributed by atoms with Crippen molar-refractivity contribution < 1.29 is 28.4 Å². The molecular formula is C7H23O6PSi3. The van der Waals surface area contributed by atoms with E-state index >= 15 is 0 Å². The molecule has 6 nitrogen and oxygen atoms in total. The Hall–Kier alpha value is 0.681. The fourth-order valence-corrected chi connectivity index (χ4v) is 10.3. The molecule has 0 aliphatic heterocycles. The largest absolute Gasteiger partial charge is 0.438 e. The molecule has 0 rings (SSSR count). The highest BCUT2D eigenvalue weighted by atomic mass is 31.2. The summed E-state index contributed by atoms with van der Waals surface area (Å²) in [5.74, 6) is 0. The van der Waals surface area contributed by atoms with Crippen molar-refractivity contribution in [1.82, 2.24) is 0 Å². The zero-order valence-corrected chi connectivity index (χ0v) is 15.5. The minimum atomic E-state index is -3.98. The number of hydrogen-bond donors (Lipinski definition) is 4. The molecule has 104 valence electrons. The summed E-state index contributed by atoms with van der Waals surface area (Å²) in [6, 6.07) is 0. The Balaban J connectivity index is 5.40. The Morgan fingerprint density at radius 2 is 1.82 bits per heavy atom. The normalized spacial score (nSPS) is 22.7. The van der Waals surface area contributed by atoms with Crippen molar-refractivity contribution in [2.24, 2.45) is 0 Å². The van der Waals surface area contributed by atoms with E-state index in [4.69, 9.17) is 4.52 Å². The smallest absolute Gasteiger partial charge is 0.333 e. The molecule has 2 unspecified atom stereocenters. The van der Waals surface area contributed by atoms with Crippen LogP contribution < -0.4 is 0 Å². The molecule has 0 aliphatic rings. The summed E-state index contributed by atoms with van der Waals surface area (Å²) in [7, 11) is -9.11. The van der Waals surface area contributed by atoms with Gasteiger partial charge in [-0.05, 0) is 13.3 Å². The zero-order valence-electron chi connectivity index (χ0n) is 10.4. The van der Waals surface area contributed by atoms with Gasteiger partial charge in [-0.25, -0.2) is 0 Å². The fourth-order valence-electron chi connectivity index (χ4n) is 2.01. The molecule has 0 fully saturated rings. The van der Waals surface area contributed by atoms with E-state index in [1.165, 1.54) is 0 Å². The van der Waals surface area contributed by atoms with Crippen LogP contribution in [0.5, 0.6) is 0 Å². The first-order valence-electron chi connectivity index (χ1n) is 5.75. The predicted octanol–water partition coefficient (Wildman–Crippen LogP) is -2.32. The molecule has 2 atom stereocenters. The van der Waals surface area contributed by atoms with Gasteiger partial charge in [-0.3, -0.25) is 4.57 Å². The van der Waals surface area contributed by atoms with E-state index in [1.807, 2.05) is 6.92 Å². The molecule has 0 radical (unpaired) electrons. The summed E-state index contributed by atoms with van der Waals surface area (Å²) < 4.78 is 15.9. The second kappa shape index (κ2) is 7.97. The SMILES string of the molecule is CCCC([SiH2]O)(C([SiH2]O)[SiH2]O)P(=O)(O)OCC. The Kier molecular flexibility index (Phi) is 8.29. The van der Waals surface area contributed by atoms with Gasteiger partial charge in [-0.2, -0.15) is 0 Å². The summed E-state index contributed by atoms with van der Waals surface area (Å²) >= 11 is 0. The van der Waals surface area contributed by atoms with E-state index in [1.54, 1.807) is 6.92 Å². The van der Waals surface area contributed by atoms with Crippen molar-refractivity contribution in [2.45, 2.75) is 36.6 Å².